The third-order valence-electron chi connectivity index (χ3n) is 4.15. The van der Waals surface area contributed by atoms with Gasteiger partial charge in [-0.25, -0.2) is 0 Å². The zero-order valence-corrected chi connectivity index (χ0v) is 15.0. The van der Waals surface area contributed by atoms with Crippen molar-refractivity contribution >= 4 is 34.6 Å². The molecule has 138 valence electrons. The van der Waals surface area contributed by atoms with Crippen LogP contribution in [0.4, 0.5) is 18.9 Å². The fourth-order valence-electron chi connectivity index (χ4n) is 2.84. The Hall–Kier alpha value is -1.96. The quantitative estimate of drug-likeness (QED) is 0.548. The number of halogens is 5. The van der Waals surface area contributed by atoms with E-state index in [1.165, 1.54) is 24.3 Å². The fourth-order valence-corrected chi connectivity index (χ4v) is 3.31. The third kappa shape index (κ3) is 3.22. The predicted molar refractivity (Wildman–Crippen MR) is 95.4 cm³/mol. The zero-order chi connectivity index (χ0) is 19.1. The lowest BCUT2D eigenvalue weighted by atomic mass is 9.86. The van der Waals surface area contributed by atoms with Crippen LogP contribution >= 0.6 is 23.2 Å². The van der Waals surface area contributed by atoms with Gasteiger partial charge in [0, 0.05) is 22.6 Å². The van der Waals surface area contributed by atoms with Crippen molar-refractivity contribution in [1.29, 1.82) is 0 Å². The van der Waals surface area contributed by atoms with E-state index in [1.807, 2.05) is 0 Å². The molecular weight excluding hydrogens is 390 g/mol. The molecule has 4 nitrogen and oxygen atoms in total. The van der Waals surface area contributed by atoms with Gasteiger partial charge in [0.1, 0.15) is 0 Å². The van der Waals surface area contributed by atoms with Crippen LogP contribution in [0.5, 0.6) is 0 Å². The molecule has 3 rings (SSSR count). The van der Waals surface area contributed by atoms with E-state index in [0.717, 1.165) is 0 Å². The van der Waals surface area contributed by atoms with E-state index in [-0.39, 0.29) is 16.3 Å². The Morgan fingerprint density at radius 3 is 2.54 bits per heavy atom. The number of nitrogen functional groups attached to an aromatic ring is 1. The first-order valence-electron chi connectivity index (χ1n) is 7.52. The standard InChI is InChI=1S/C17H14Cl2F3N3O/c1-9-4-11(7-12(18)5-9)16(17(20,21)22)8-15(25-26-16)10-2-3-13(19)14(6-10)24-23/h2-7,24H,8,23H2,1H3. The summed E-state index contributed by atoms with van der Waals surface area (Å²) >= 11 is 11.9. The number of nitrogens with one attached hydrogen (secondary N) is 1. The highest BCUT2D eigenvalue weighted by molar-refractivity contribution is 6.33. The Kier molecular flexibility index (Phi) is 4.81. The Morgan fingerprint density at radius 1 is 1.19 bits per heavy atom. The summed E-state index contributed by atoms with van der Waals surface area (Å²) in [5, 5.41) is 4.24. The molecule has 1 unspecified atom stereocenters. The minimum Gasteiger partial charge on any atom is -0.374 e. The normalized spacial score (nSPS) is 19.9. The average molecular weight is 404 g/mol. The number of oxime groups is 1. The van der Waals surface area contributed by atoms with Crippen LogP contribution in [0.2, 0.25) is 10.0 Å². The number of hydrogen-bond donors (Lipinski definition) is 2. The van der Waals surface area contributed by atoms with E-state index in [2.05, 4.69) is 10.6 Å². The van der Waals surface area contributed by atoms with Gasteiger partial charge >= 0.3 is 6.18 Å². The molecule has 0 fully saturated rings. The second-order valence-corrected chi connectivity index (χ2v) is 6.83. The van der Waals surface area contributed by atoms with Crippen molar-refractivity contribution in [2.24, 2.45) is 11.0 Å². The zero-order valence-electron chi connectivity index (χ0n) is 13.5. The van der Waals surface area contributed by atoms with Crippen molar-refractivity contribution in [3.05, 3.63) is 63.1 Å². The van der Waals surface area contributed by atoms with Gasteiger partial charge < -0.3 is 10.3 Å². The first-order chi connectivity index (χ1) is 12.2. The number of hydrogen-bond acceptors (Lipinski definition) is 4. The maximum absolute atomic E-state index is 14.0. The van der Waals surface area contributed by atoms with Crippen molar-refractivity contribution in [2.45, 2.75) is 25.1 Å². The second-order valence-electron chi connectivity index (χ2n) is 5.99. The van der Waals surface area contributed by atoms with Crippen molar-refractivity contribution in [3.8, 4) is 0 Å². The van der Waals surface area contributed by atoms with Gasteiger partial charge in [-0.05, 0) is 36.8 Å². The number of hydrazine groups is 1. The highest BCUT2D eigenvalue weighted by Gasteiger charge is 2.62. The van der Waals surface area contributed by atoms with Gasteiger partial charge in [0.05, 0.1) is 16.4 Å². The van der Waals surface area contributed by atoms with Crippen molar-refractivity contribution < 1.29 is 18.0 Å². The number of alkyl halides is 3. The average Bonchev–Trinajstić information content (AvgIpc) is 3.01. The van der Waals surface area contributed by atoms with E-state index in [4.69, 9.17) is 33.9 Å². The molecule has 0 aromatic heterocycles. The maximum Gasteiger partial charge on any atom is 0.435 e. The number of nitrogens with two attached hydrogens (primary N) is 1. The number of nitrogens with zero attached hydrogens (tertiary/aromatic N) is 1. The molecule has 1 heterocycles. The van der Waals surface area contributed by atoms with Crippen molar-refractivity contribution in [1.82, 2.24) is 0 Å². The molecule has 3 N–H and O–H groups in total. The van der Waals surface area contributed by atoms with Gasteiger partial charge in [0.25, 0.3) is 5.60 Å². The summed E-state index contributed by atoms with van der Waals surface area (Å²) in [6, 6.07) is 8.80. The van der Waals surface area contributed by atoms with Crippen LogP contribution in [0.15, 0.2) is 41.6 Å². The van der Waals surface area contributed by atoms with Crippen LogP contribution < -0.4 is 11.3 Å². The van der Waals surface area contributed by atoms with Gasteiger partial charge in [0.2, 0.25) is 0 Å². The summed E-state index contributed by atoms with van der Waals surface area (Å²) in [5.74, 6) is 5.36. The van der Waals surface area contributed by atoms with E-state index in [0.29, 0.717) is 21.8 Å². The van der Waals surface area contributed by atoms with Crippen LogP contribution in [0, 0.1) is 6.92 Å². The topological polar surface area (TPSA) is 59.6 Å². The lowest BCUT2D eigenvalue weighted by Gasteiger charge is -2.29. The van der Waals surface area contributed by atoms with Crippen LogP contribution in [0.3, 0.4) is 0 Å². The summed E-state index contributed by atoms with van der Waals surface area (Å²) < 4.78 is 41.9. The minimum absolute atomic E-state index is 0.0973. The molecule has 9 heteroatoms. The molecule has 2 aromatic rings. The van der Waals surface area contributed by atoms with E-state index >= 15 is 0 Å². The van der Waals surface area contributed by atoms with E-state index < -0.39 is 18.2 Å². The van der Waals surface area contributed by atoms with Gasteiger partial charge in [-0.3, -0.25) is 5.84 Å². The molecule has 1 aliphatic heterocycles. The summed E-state index contributed by atoms with van der Waals surface area (Å²) in [6.07, 6.45) is -5.20. The molecule has 0 spiro atoms. The summed E-state index contributed by atoms with van der Waals surface area (Å²) in [4.78, 5) is 4.99. The number of rotatable bonds is 3. The van der Waals surface area contributed by atoms with E-state index in [1.54, 1.807) is 19.1 Å². The molecule has 26 heavy (non-hydrogen) atoms. The second kappa shape index (κ2) is 6.64. The summed E-state index contributed by atoms with van der Waals surface area (Å²) in [6.45, 7) is 1.66. The summed E-state index contributed by atoms with van der Waals surface area (Å²) in [5.41, 5.74) is 1.21. The fraction of sp³-hybridized carbons (Fsp3) is 0.235. The van der Waals surface area contributed by atoms with E-state index in [9.17, 15) is 13.2 Å². The Morgan fingerprint density at radius 2 is 1.92 bits per heavy atom. The first kappa shape index (κ1) is 18.8. The molecule has 2 aromatic carbocycles. The lowest BCUT2D eigenvalue weighted by Crippen LogP contribution is -2.42. The molecule has 1 aliphatic rings. The van der Waals surface area contributed by atoms with Gasteiger partial charge in [-0.2, -0.15) is 13.2 Å². The Bertz CT molecular complexity index is 866. The van der Waals surface area contributed by atoms with Crippen molar-refractivity contribution in [2.75, 3.05) is 5.43 Å². The number of anilines is 1. The lowest BCUT2D eigenvalue weighted by molar-refractivity contribution is -0.275. The van der Waals surface area contributed by atoms with Gasteiger partial charge in [-0.15, -0.1) is 0 Å². The van der Waals surface area contributed by atoms with Crippen LogP contribution in [-0.2, 0) is 10.4 Å². The molecule has 0 amide bonds. The molecule has 0 aliphatic carbocycles. The predicted octanol–water partition coefficient (Wildman–Crippen LogP) is 5.17. The van der Waals surface area contributed by atoms with Gasteiger partial charge in [0.15, 0.2) is 0 Å². The van der Waals surface area contributed by atoms with Crippen molar-refractivity contribution in [3.63, 3.8) is 0 Å². The molecule has 0 radical (unpaired) electrons. The highest BCUT2D eigenvalue weighted by Crippen LogP contribution is 2.49. The largest absolute Gasteiger partial charge is 0.435 e. The first-order valence-corrected chi connectivity index (χ1v) is 8.28. The monoisotopic (exact) mass is 403 g/mol. The molecule has 0 saturated heterocycles. The highest BCUT2D eigenvalue weighted by atomic mass is 35.5. The smallest absolute Gasteiger partial charge is 0.374 e. The molecule has 1 atom stereocenters. The number of aryl methyl sites for hydroxylation is 1. The van der Waals surface area contributed by atoms with Crippen LogP contribution in [0.1, 0.15) is 23.1 Å². The Balaban J connectivity index is 2.04. The van der Waals surface area contributed by atoms with Crippen LogP contribution in [0.25, 0.3) is 0 Å². The Labute approximate surface area is 157 Å². The SMILES string of the molecule is Cc1cc(Cl)cc(C2(C(F)(F)F)CC(c3ccc(Cl)c(NN)c3)=NO2)c1. The van der Waals surface area contributed by atoms with Gasteiger partial charge in [-0.1, -0.05) is 40.5 Å². The minimum atomic E-state index is -4.70. The molecule has 0 bridgehead atoms. The third-order valence-corrected chi connectivity index (χ3v) is 4.70. The molecule has 0 saturated carbocycles. The molecular formula is C17H14Cl2F3N3O. The van der Waals surface area contributed by atoms with Crippen LogP contribution in [-0.4, -0.2) is 11.9 Å². The summed E-state index contributed by atoms with van der Waals surface area (Å²) in [7, 11) is 0. The number of benzene rings is 2. The maximum atomic E-state index is 14.0.